The molecular formula is C15H10Cl2N4O. The number of benzene rings is 2. The summed E-state index contributed by atoms with van der Waals surface area (Å²) in [4.78, 5) is 13.4. The highest BCUT2D eigenvalue weighted by Crippen LogP contribution is 2.18. The molecule has 0 radical (unpaired) electrons. The second-order valence-corrected chi connectivity index (χ2v) is 5.46. The van der Waals surface area contributed by atoms with Gasteiger partial charge in [0, 0.05) is 21.2 Å². The zero-order chi connectivity index (χ0) is 15.5. The molecular weight excluding hydrogens is 323 g/mol. The third kappa shape index (κ3) is 3.32. The molecule has 2 aromatic carbocycles. The first kappa shape index (κ1) is 14.7. The summed E-state index contributed by atoms with van der Waals surface area (Å²) in [5, 5.41) is 13.2. The van der Waals surface area contributed by atoms with E-state index in [1.165, 1.54) is 4.80 Å². The van der Waals surface area contributed by atoms with Crippen molar-refractivity contribution in [1.29, 1.82) is 0 Å². The van der Waals surface area contributed by atoms with Gasteiger partial charge in [-0.15, -0.1) is 10.2 Å². The minimum absolute atomic E-state index is 0.00913. The first-order valence-electron chi connectivity index (χ1n) is 6.44. The minimum atomic E-state index is -0.119. The van der Waals surface area contributed by atoms with E-state index in [4.69, 9.17) is 23.2 Å². The van der Waals surface area contributed by atoms with Gasteiger partial charge in [0.2, 0.25) is 5.82 Å². The number of aromatic nitrogens is 4. The number of carbonyl (C=O) groups is 1. The molecule has 0 saturated heterocycles. The lowest BCUT2D eigenvalue weighted by atomic mass is 10.1. The molecule has 0 atom stereocenters. The van der Waals surface area contributed by atoms with E-state index in [9.17, 15) is 4.79 Å². The Balaban J connectivity index is 1.77. The van der Waals surface area contributed by atoms with Crippen LogP contribution in [0.15, 0.2) is 48.5 Å². The second-order valence-electron chi connectivity index (χ2n) is 4.58. The topological polar surface area (TPSA) is 60.7 Å². The average molecular weight is 333 g/mol. The fraction of sp³-hybridized carbons (Fsp3) is 0.0667. The number of carbonyl (C=O) groups excluding carboxylic acids is 1. The highest BCUT2D eigenvalue weighted by Gasteiger charge is 2.11. The lowest BCUT2D eigenvalue weighted by Crippen LogP contribution is -2.13. The van der Waals surface area contributed by atoms with Crippen LogP contribution in [-0.4, -0.2) is 26.0 Å². The Morgan fingerprint density at radius 3 is 2.55 bits per heavy atom. The van der Waals surface area contributed by atoms with E-state index in [2.05, 4.69) is 15.4 Å². The SMILES string of the molecule is O=C(Cn1nnc(-c2cccc(Cl)c2)n1)c1ccc(Cl)cc1. The monoisotopic (exact) mass is 332 g/mol. The van der Waals surface area contributed by atoms with Crippen LogP contribution in [0.5, 0.6) is 0 Å². The van der Waals surface area contributed by atoms with Crippen LogP contribution in [0.2, 0.25) is 10.0 Å². The number of rotatable bonds is 4. The van der Waals surface area contributed by atoms with Crippen molar-refractivity contribution < 1.29 is 4.79 Å². The van der Waals surface area contributed by atoms with E-state index in [1.807, 2.05) is 6.07 Å². The van der Waals surface area contributed by atoms with Crippen molar-refractivity contribution in [2.45, 2.75) is 6.54 Å². The molecule has 0 aliphatic rings. The zero-order valence-corrected chi connectivity index (χ0v) is 12.8. The largest absolute Gasteiger partial charge is 0.292 e. The van der Waals surface area contributed by atoms with E-state index in [1.54, 1.807) is 42.5 Å². The fourth-order valence-electron chi connectivity index (χ4n) is 1.91. The maximum Gasteiger partial charge on any atom is 0.204 e. The van der Waals surface area contributed by atoms with Crippen molar-refractivity contribution in [3.8, 4) is 11.4 Å². The van der Waals surface area contributed by atoms with Crippen LogP contribution in [0.3, 0.4) is 0 Å². The van der Waals surface area contributed by atoms with Crippen molar-refractivity contribution in [2.24, 2.45) is 0 Å². The summed E-state index contributed by atoms with van der Waals surface area (Å²) in [6, 6.07) is 13.8. The molecule has 22 heavy (non-hydrogen) atoms. The molecule has 0 spiro atoms. The van der Waals surface area contributed by atoms with Gasteiger partial charge in [0.25, 0.3) is 0 Å². The van der Waals surface area contributed by atoms with Gasteiger partial charge < -0.3 is 0 Å². The Labute approximate surface area is 136 Å². The van der Waals surface area contributed by atoms with Gasteiger partial charge in [-0.25, -0.2) is 0 Å². The Bertz CT molecular complexity index is 814. The van der Waals surface area contributed by atoms with Crippen LogP contribution in [0.25, 0.3) is 11.4 Å². The van der Waals surface area contributed by atoms with Gasteiger partial charge in [-0.2, -0.15) is 4.80 Å². The lowest BCUT2D eigenvalue weighted by molar-refractivity contribution is 0.0961. The average Bonchev–Trinajstić information content (AvgIpc) is 2.96. The number of hydrogen-bond acceptors (Lipinski definition) is 4. The molecule has 5 nitrogen and oxygen atoms in total. The summed E-state index contributed by atoms with van der Waals surface area (Å²) in [5.74, 6) is 0.304. The molecule has 0 amide bonds. The Morgan fingerprint density at radius 1 is 1.05 bits per heavy atom. The third-order valence-electron chi connectivity index (χ3n) is 2.99. The van der Waals surface area contributed by atoms with E-state index in [0.29, 0.717) is 21.4 Å². The quantitative estimate of drug-likeness (QED) is 0.685. The maximum atomic E-state index is 12.1. The number of halogens is 2. The Morgan fingerprint density at radius 2 is 1.82 bits per heavy atom. The molecule has 0 fully saturated rings. The molecule has 0 bridgehead atoms. The van der Waals surface area contributed by atoms with Crippen LogP contribution >= 0.6 is 23.2 Å². The van der Waals surface area contributed by atoms with Crippen molar-refractivity contribution in [3.63, 3.8) is 0 Å². The van der Waals surface area contributed by atoms with Crippen molar-refractivity contribution >= 4 is 29.0 Å². The van der Waals surface area contributed by atoms with Gasteiger partial charge in [0.15, 0.2) is 5.78 Å². The van der Waals surface area contributed by atoms with Crippen LogP contribution in [0.4, 0.5) is 0 Å². The van der Waals surface area contributed by atoms with Gasteiger partial charge in [-0.1, -0.05) is 35.3 Å². The second kappa shape index (κ2) is 6.25. The number of Topliss-reactive ketones (excluding diaryl/α,β-unsaturated/α-hetero) is 1. The highest BCUT2D eigenvalue weighted by molar-refractivity contribution is 6.31. The highest BCUT2D eigenvalue weighted by atomic mass is 35.5. The van der Waals surface area contributed by atoms with E-state index in [-0.39, 0.29) is 12.3 Å². The van der Waals surface area contributed by atoms with Crippen molar-refractivity contribution in [3.05, 3.63) is 64.1 Å². The van der Waals surface area contributed by atoms with Gasteiger partial charge in [-0.05, 0) is 41.6 Å². The van der Waals surface area contributed by atoms with Crippen LogP contribution < -0.4 is 0 Å². The number of nitrogens with zero attached hydrogens (tertiary/aromatic N) is 4. The smallest absolute Gasteiger partial charge is 0.204 e. The van der Waals surface area contributed by atoms with Gasteiger partial charge in [-0.3, -0.25) is 4.79 Å². The molecule has 3 rings (SSSR count). The molecule has 0 aliphatic carbocycles. The summed E-state index contributed by atoms with van der Waals surface area (Å²) in [6.07, 6.45) is 0. The molecule has 0 N–H and O–H groups in total. The maximum absolute atomic E-state index is 12.1. The first-order valence-corrected chi connectivity index (χ1v) is 7.20. The molecule has 0 aliphatic heterocycles. The minimum Gasteiger partial charge on any atom is -0.292 e. The molecule has 110 valence electrons. The van der Waals surface area contributed by atoms with Gasteiger partial charge in [0.05, 0.1) is 0 Å². The first-order chi connectivity index (χ1) is 10.6. The molecule has 1 heterocycles. The molecule has 3 aromatic rings. The van der Waals surface area contributed by atoms with Crippen LogP contribution in [0.1, 0.15) is 10.4 Å². The summed E-state index contributed by atoms with van der Waals surface area (Å²) in [7, 11) is 0. The summed E-state index contributed by atoms with van der Waals surface area (Å²) in [5.41, 5.74) is 1.30. The third-order valence-corrected chi connectivity index (χ3v) is 3.47. The zero-order valence-electron chi connectivity index (χ0n) is 11.3. The number of hydrogen-bond donors (Lipinski definition) is 0. The van der Waals surface area contributed by atoms with Gasteiger partial charge in [0.1, 0.15) is 6.54 Å². The molecule has 7 heteroatoms. The molecule has 0 unspecified atom stereocenters. The van der Waals surface area contributed by atoms with Gasteiger partial charge >= 0.3 is 0 Å². The summed E-state index contributed by atoms with van der Waals surface area (Å²) < 4.78 is 0. The van der Waals surface area contributed by atoms with Crippen LogP contribution in [0, 0.1) is 0 Å². The number of ketones is 1. The normalized spacial score (nSPS) is 10.6. The molecule has 0 saturated carbocycles. The lowest BCUT2D eigenvalue weighted by Gasteiger charge is -2.00. The predicted octanol–water partition coefficient (Wildman–Crippen LogP) is 3.53. The van der Waals surface area contributed by atoms with E-state index >= 15 is 0 Å². The Kier molecular flexibility index (Phi) is 4.18. The predicted molar refractivity (Wildman–Crippen MR) is 84.0 cm³/mol. The molecule has 1 aromatic heterocycles. The number of tetrazole rings is 1. The standard InChI is InChI=1S/C15H10Cl2N4O/c16-12-6-4-10(5-7-12)14(22)9-21-19-15(18-20-21)11-2-1-3-13(17)8-11/h1-8H,9H2. The van der Waals surface area contributed by atoms with Crippen LogP contribution in [-0.2, 0) is 6.54 Å². The van der Waals surface area contributed by atoms with E-state index in [0.717, 1.165) is 5.56 Å². The fourth-order valence-corrected chi connectivity index (χ4v) is 2.23. The summed E-state index contributed by atoms with van der Waals surface area (Å²) in [6.45, 7) is 0.00913. The van der Waals surface area contributed by atoms with Crippen molar-refractivity contribution in [2.75, 3.05) is 0 Å². The summed E-state index contributed by atoms with van der Waals surface area (Å²) >= 11 is 11.7. The van der Waals surface area contributed by atoms with Crippen molar-refractivity contribution in [1.82, 2.24) is 20.2 Å². The van der Waals surface area contributed by atoms with E-state index < -0.39 is 0 Å². The Hall–Kier alpha value is -2.24.